The first kappa shape index (κ1) is 18.1. The number of hydrogen-bond acceptors (Lipinski definition) is 6. The van der Waals surface area contributed by atoms with Crippen LogP contribution in [-0.2, 0) is 4.79 Å². The number of piperidine rings is 1. The van der Waals surface area contributed by atoms with Crippen LogP contribution >= 0.6 is 11.3 Å². The van der Waals surface area contributed by atoms with Crippen molar-refractivity contribution in [2.75, 3.05) is 23.4 Å². The molecule has 29 heavy (non-hydrogen) atoms. The summed E-state index contributed by atoms with van der Waals surface area (Å²) in [7, 11) is 0. The first-order valence-corrected chi connectivity index (χ1v) is 10.6. The van der Waals surface area contributed by atoms with Crippen molar-refractivity contribution in [1.29, 1.82) is 0 Å². The molecule has 0 bridgehead atoms. The molecule has 1 aliphatic heterocycles. The van der Waals surface area contributed by atoms with Crippen LogP contribution in [0.2, 0.25) is 0 Å². The summed E-state index contributed by atoms with van der Waals surface area (Å²) >= 11 is 1.71. The van der Waals surface area contributed by atoms with E-state index in [1.165, 1.54) is 10.4 Å². The number of aromatic nitrogens is 4. The van der Waals surface area contributed by atoms with Gasteiger partial charge in [-0.25, -0.2) is 19.6 Å². The molecule has 3 aromatic heterocycles. The van der Waals surface area contributed by atoms with Crippen molar-refractivity contribution in [3.8, 4) is 0 Å². The molecule has 8 heteroatoms. The fourth-order valence-corrected chi connectivity index (χ4v) is 5.01. The van der Waals surface area contributed by atoms with Gasteiger partial charge in [-0.05, 0) is 44.4 Å². The van der Waals surface area contributed by atoms with E-state index in [4.69, 9.17) is 0 Å². The maximum Gasteiger partial charge on any atom is 0.242 e. The zero-order valence-corrected chi connectivity index (χ0v) is 17.2. The number of anilines is 1. The van der Waals surface area contributed by atoms with Gasteiger partial charge >= 0.3 is 0 Å². The highest BCUT2D eigenvalue weighted by Gasteiger charge is 2.27. The van der Waals surface area contributed by atoms with Gasteiger partial charge in [-0.1, -0.05) is 12.1 Å². The Morgan fingerprint density at radius 3 is 2.76 bits per heavy atom. The zero-order chi connectivity index (χ0) is 20.0. The number of para-hydroxylation sites is 2. The average Bonchev–Trinajstić information content (AvgIpc) is 3.29. The van der Waals surface area contributed by atoms with E-state index >= 15 is 0 Å². The molecule has 1 saturated heterocycles. The summed E-state index contributed by atoms with van der Waals surface area (Å²) in [4.78, 5) is 30.8. The number of aryl methyl sites for hydroxylation is 2. The molecule has 7 nitrogen and oxygen atoms in total. The number of rotatable bonds is 3. The zero-order valence-electron chi connectivity index (χ0n) is 16.4. The van der Waals surface area contributed by atoms with Gasteiger partial charge in [0, 0.05) is 23.9 Å². The lowest BCUT2D eigenvalue weighted by Gasteiger charge is -2.32. The van der Waals surface area contributed by atoms with Crippen LogP contribution in [0.15, 0.2) is 36.9 Å². The summed E-state index contributed by atoms with van der Waals surface area (Å²) in [5.41, 5.74) is 6.04. The van der Waals surface area contributed by atoms with E-state index in [1.54, 1.807) is 28.7 Å². The predicted molar refractivity (Wildman–Crippen MR) is 116 cm³/mol. The highest BCUT2D eigenvalue weighted by atomic mass is 32.1. The Hall–Kier alpha value is -3.00. The first-order chi connectivity index (χ1) is 14.1. The van der Waals surface area contributed by atoms with E-state index < -0.39 is 0 Å². The van der Waals surface area contributed by atoms with E-state index in [2.05, 4.69) is 39.1 Å². The number of carbonyl (C=O) groups excluding carboxylic acids is 1. The smallest absolute Gasteiger partial charge is 0.242 e. The molecule has 0 aliphatic carbocycles. The van der Waals surface area contributed by atoms with Crippen LogP contribution in [-0.4, -0.2) is 38.6 Å². The molecule has 4 aromatic rings. The van der Waals surface area contributed by atoms with Crippen molar-refractivity contribution in [2.24, 2.45) is 5.92 Å². The summed E-state index contributed by atoms with van der Waals surface area (Å²) < 4.78 is 1.72. The molecule has 4 heterocycles. The Bertz CT molecular complexity index is 1200. The van der Waals surface area contributed by atoms with E-state index in [-0.39, 0.29) is 11.8 Å². The second-order valence-electron chi connectivity index (χ2n) is 7.50. The van der Waals surface area contributed by atoms with Gasteiger partial charge in [0.05, 0.1) is 16.4 Å². The van der Waals surface area contributed by atoms with Gasteiger partial charge in [0.2, 0.25) is 5.91 Å². The Kier molecular flexibility index (Phi) is 4.43. The Morgan fingerprint density at radius 1 is 1.14 bits per heavy atom. The standard InChI is InChI=1S/C21H22N6OS/c1-13-14(2)29-21-18(13)19(22-11-23-21)26-9-7-15(8-10-26)20(28)25-27-12-24-16-5-3-4-6-17(16)27/h3-6,11-12,15H,7-10H2,1-2H3,(H,25,28). The van der Waals surface area contributed by atoms with Crippen LogP contribution in [0.5, 0.6) is 0 Å². The van der Waals surface area contributed by atoms with Gasteiger partial charge in [-0.3, -0.25) is 10.2 Å². The molecule has 0 saturated carbocycles. The normalized spacial score (nSPS) is 15.3. The molecular formula is C21H22N6OS. The fraction of sp³-hybridized carbons (Fsp3) is 0.333. The van der Waals surface area contributed by atoms with Crippen LogP contribution in [0.4, 0.5) is 5.82 Å². The van der Waals surface area contributed by atoms with Crippen LogP contribution in [0.25, 0.3) is 21.3 Å². The minimum Gasteiger partial charge on any atom is -0.356 e. The first-order valence-electron chi connectivity index (χ1n) is 9.80. The lowest BCUT2D eigenvalue weighted by molar-refractivity contribution is -0.121. The number of imidazole rings is 1. The number of nitrogens with one attached hydrogen (secondary N) is 1. The SMILES string of the molecule is Cc1sc2ncnc(N3CCC(C(=O)Nn4cnc5ccccc54)CC3)c2c1C. The second-order valence-corrected chi connectivity index (χ2v) is 8.70. The number of nitrogens with zero attached hydrogens (tertiary/aromatic N) is 5. The van der Waals surface area contributed by atoms with Crippen LogP contribution < -0.4 is 10.3 Å². The van der Waals surface area contributed by atoms with Gasteiger partial charge in [0.1, 0.15) is 23.3 Å². The van der Waals surface area contributed by atoms with Gasteiger partial charge < -0.3 is 4.90 Å². The van der Waals surface area contributed by atoms with Crippen molar-refractivity contribution >= 4 is 44.3 Å². The van der Waals surface area contributed by atoms with Gasteiger partial charge in [-0.15, -0.1) is 11.3 Å². The minimum atomic E-state index is -0.0185. The summed E-state index contributed by atoms with van der Waals surface area (Å²) in [6.07, 6.45) is 4.91. The molecule has 0 unspecified atom stereocenters. The molecular weight excluding hydrogens is 384 g/mol. The maximum absolute atomic E-state index is 12.8. The third-order valence-electron chi connectivity index (χ3n) is 5.79. The maximum atomic E-state index is 12.8. The van der Waals surface area contributed by atoms with Crippen LogP contribution in [0.3, 0.4) is 0 Å². The van der Waals surface area contributed by atoms with Gasteiger partial charge in [0.15, 0.2) is 0 Å². The Morgan fingerprint density at radius 2 is 1.93 bits per heavy atom. The van der Waals surface area contributed by atoms with Crippen LogP contribution in [0, 0.1) is 19.8 Å². The van der Waals surface area contributed by atoms with Crippen molar-refractivity contribution in [3.63, 3.8) is 0 Å². The number of amides is 1. The molecule has 0 spiro atoms. The fourth-order valence-electron chi connectivity index (χ4n) is 4.02. The largest absolute Gasteiger partial charge is 0.356 e. The van der Waals surface area contributed by atoms with Crippen molar-refractivity contribution in [2.45, 2.75) is 26.7 Å². The molecule has 0 atom stereocenters. The lowest BCUT2D eigenvalue weighted by Crippen LogP contribution is -2.40. The minimum absolute atomic E-state index is 0.0185. The summed E-state index contributed by atoms with van der Waals surface area (Å²) in [6, 6.07) is 7.78. The summed E-state index contributed by atoms with van der Waals surface area (Å²) in [6.45, 7) is 5.88. The molecule has 1 aromatic carbocycles. The molecule has 0 radical (unpaired) electrons. The Labute approximate surface area is 172 Å². The third kappa shape index (κ3) is 3.13. The van der Waals surface area contributed by atoms with Gasteiger partial charge in [-0.2, -0.15) is 0 Å². The molecule has 5 rings (SSSR count). The van der Waals surface area contributed by atoms with E-state index in [1.807, 2.05) is 24.3 Å². The van der Waals surface area contributed by atoms with Crippen molar-refractivity contribution in [3.05, 3.63) is 47.4 Å². The quantitative estimate of drug-likeness (QED) is 0.562. The monoisotopic (exact) mass is 406 g/mol. The predicted octanol–water partition coefficient (Wildman–Crippen LogP) is 3.64. The summed E-state index contributed by atoms with van der Waals surface area (Å²) in [5, 5.41) is 1.16. The van der Waals surface area contributed by atoms with E-state index in [0.29, 0.717) is 0 Å². The number of benzene rings is 1. The highest BCUT2D eigenvalue weighted by Crippen LogP contribution is 2.35. The lowest BCUT2D eigenvalue weighted by atomic mass is 9.96. The average molecular weight is 407 g/mol. The topological polar surface area (TPSA) is 75.9 Å². The van der Waals surface area contributed by atoms with Crippen LogP contribution in [0.1, 0.15) is 23.3 Å². The molecule has 1 N–H and O–H groups in total. The number of thiophene rings is 1. The van der Waals surface area contributed by atoms with Gasteiger partial charge in [0.25, 0.3) is 0 Å². The number of fused-ring (bicyclic) bond motifs is 2. The molecule has 148 valence electrons. The number of carbonyl (C=O) groups is 1. The molecule has 1 amide bonds. The summed E-state index contributed by atoms with van der Waals surface area (Å²) in [5.74, 6) is 1.02. The second kappa shape index (κ2) is 7.11. The molecule has 1 fully saturated rings. The van der Waals surface area contributed by atoms with Crippen molar-refractivity contribution in [1.82, 2.24) is 19.6 Å². The molecule has 1 aliphatic rings. The number of hydrogen-bond donors (Lipinski definition) is 1. The van der Waals surface area contributed by atoms with Crippen molar-refractivity contribution < 1.29 is 4.79 Å². The third-order valence-corrected chi connectivity index (χ3v) is 6.91. The highest BCUT2D eigenvalue weighted by molar-refractivity contribution is 7.18. The van der Waals surface area contributed by atoms with E-state index in [9.17, 15) is 4.79 Å². The Balaban J connectivity index is 1.30. The van der Waals surface area contributed by atoms with E-state index in [0.717, 1.165) is 53.0 Å².